The molecule has 5 atom stereocenters. The van der Waals surface area contributed by atoms with Crippen molar-refractivity contribution in [1.29, 1.82) is 0 Å². The van der Waals surface area contributed by atoms with Gasteiger partial charge in [0.05, 0.1) is 5.92 Å². The van der Waals surface area contributed by atoms with Crippen molar-refractivity contribution >= 4 is 11.8 Å². The Morgan fingerprint density at radius 1 is 1.11 bits per heavy atom. The van der Waals surface area contributed by atoms with Gasteiger partial charge in [-0.15, -0.1) is 0 Å². The molecule has 1 heterocycles. The summed E-state index contributed by atoms with van der Waals surface area (Å²) in [6, 6.07) is 0. The molecule has 0 unspecified atom stereocenters. The van der Waals surface area contributed by atoms with Crippen LogP contribution in [0.3, 0.4) is 0 Å². The van der Waals surface area contributed by atoms with E-state index in [0.29, 0.717) is 18.3 Å². The van der Waals surface area contributed by atoms with Gasteiger partial charge in [0.15, 0.2) is 11.4 Å². The molecular formula is C15H20O3. The van der Waals surface area contributed by atoms with E-state index < -0.39 is 5.60 Å². The first-order chi connectivity index (χ1) is 8.33. The lowest BCUT2D eigenvalue weighted by Gasteiger charge is -2.40. The van der Waals surface area contributed by atoms with E-state index >= 15 is 0 Å². The third kappa shape index (κ3) is 0.837. The van der Waals surface area contributed by atoms with Gasteiger partial charge in [-0.25, -0.2) is 0 Å². The first-order valence-electron chi connectivity index (χ1n) is 7.09. The van der Waals surface area contributed by atoms with Crippen LogP contribution in [0.15, 0.2) is 0 Å². The quantitative estimate of drug-likeness (QED) is 0.618. The van der Waals surface area contributed by atoms with Crippen LogP contribution < -0.4 is 0 Å². The number of hydrogen-bond donors (Lipinski definition) is 0. The van der Waals surface area contributed by atoms with E-state index in [4.69, 9.17) is 4.74 Å². The summed E-state index contributed by atoms with van der Waals surface area (Å²) in [6.07, 6.45) is 3.62. The molecule has 0 N–H and O–H groups in total. The summed E-state index contributed by atoms with van der Waals surface area (Å²) in [5.74, 6) is 1.03. The number of Topliss-reactive ketones (excluding diaryl/α,β-unsaturated/α-hetero) is 1. The zero-order valence-electron chi connectivity index (χ0n) is 11.3. The normalized spacial score (nSPS) is 55.6. The van der Waals surface area contributed by atoms with E-state index in [1.54, 1.807) is 0 Å². The van der Waals surface area contributed by atoms with Crippen molar-refractivity contribution in [3.05, 3.63) is 0 Å². The maximum Gasteiger partial charge on any atom is 0.310 e. The van der Waals surface area contributed by atoms with Gasteiger partial charge >= 0.3 is 5.97 Å². The zero-order chi connectivity index (χ0) is 12.9. The monoisotopic (exact) mass is 248 g/mol. The average Bonchev–Trinajstić information content (AvgIpc) is 2.66. The second kappa shape index (κ2) is 2.68. The predicted octanol–water partition coefficient (Wildman–Crippen LogP) is 2.33. The highest BCUT2D eigenvalue weighted by Crippen LogP contribution is 2.76. The van der Waals surface area contributed by atoms with Crippen LogP contribution in [-0.2, 0) is 14.3 Å². The van der Waals surface area contributed by atoms with E-state index in [1.165, 1.54) is 0 Å². The first-order valence-corrected chi connectivity index (χ1v) is 7.09. The molecular weight excluding hydrogens is 228 g/mol. The lowest BCUT2D eigenvalue weighted by molar-refractivity contribution is -0.158. The van der Waals surface area contributed by atoms with Gasteiger partial charge in [0.2, 0.25) is 0 Å². The van der Waals surface area contributed by atoms with E-state index in [0.717, 1.165) is 19.3 Å². The number of hydrogen-bond acceptors (Lipinski definition) is 3. The smallest absolute Gasteiger partial charge is 0.310 e. The van der Waals surface area contributed by atoms with Crippen molar-refractivity contribution in [2.45, 2.75) is 52.1 Å². The SMILES string of the molecule is CC1(C)C[C@]23[C@@H]4CC[C@H]1[C@@H]2CC(=O)[C@@]3(C)OC4=O. The van der Waals surface area contributed by atoms with Crippen molar-refractivity contribution in [2.24, 2.45) is 28.6 Å². The van der Waals surface area contributed by atoms with Crippen LogP contribution in [0.4, 0.5) is 0 Å². The number of ether oxygens (including phenoxy) is 1. The predicted molar refractivity (Wildman–Crippen MR) is 64.7 cm³/mol. The van der Waals surface area contributed by atoms with Crippen molar-refractivity contribution in [2.75, 3.05) is 0 Å². The summed E-state index contributed by atoms with van der Waals surface area (Å²) in [5, 5.41) is 0. The van der Waals surface area contributed by atoms with Crippen LogP contribution >= 0.6 is 0 Å². The third-order valence-corrected chi connectivity index (χ3v) is 6.70. The summed E-state index contributed by atoms with van der Waals surface area (Å²) in [7, 11) is 0. The number of carbonyl (C=O) groups is 2. The largest absolute Gasteiger partial charge is 0.450 e. The van der Waals surface area contributed by atoms with E-state index in [-0.39, 0.29) is 28.5 Å². The lowest BCUT2D eigenvalue weighted by Crippen LogP contribution is -2.47. The number of rotatable bonds is 0. The van der Waals surface area contributed by atoms with Crippen LogP contribution in [-0.4, -0.2) is 17.4 Å². The Kier molecular flexibility index (Phi) is 1.64. The van der Waals surface area contributed by atoms with Crippen molar-refractivity contribution in [3.8, 4) is 0 Å². The molecule has 4 fully saturated rings. The minimum atomic E-state index is -0.814. The molecule has 3 aliphatic carbocycles. The maximum atomic E-state index is 12.4. The van der Waals surface area contributed by atoms with Gasteiger partial charge in [0.25, 0.3) is 0 Å². The Morgan fingerprint density at radius 3 is 2.56 bits per heavy atom. The van der Waals surface area contributed by atoms with Gasteiger partial charge < -0.3 is 4.74 Å². The molecule has 18 heavy (non-hydrogen) atoms. The van der Waals surface area contributed by atoms with Gasteiger partial charge in [-0.1, -0.05) is 13.8 Å². The fourth-order valence-corrected chi connectivity index (χ4v) is 6.08. The molecule has 1 aliphatic heterocycles. The highest BCUT2D eigenvalue weighted by Gasteiger charge is 2.80. The van der Waals surface area contributed by atoms with Gasteiger partial charge in [0.1, 0.15) is 0 Å². The molecule has 3 nitrogen and oxygen atoms in total. The molecule has 0 aromatic carbocycles. The summed E-state index contributed by atoms with van der Waals surface area (Å²) in [5.41, 5.74) is -0.741. The molecule has 98 valence electrons. The molecule has 3 saturated carbocycles. The molecule has 1 saturated heterocycles. The van der Waals surface area contributed by atoms with E-state index in [9.17, 15) is 9.59 Å². The highest BCUT2D eigenvalue weighted by molar-refractivity contribution is 5.97. The van der Waals surface area contributed by atoms with Crippen LogP contribution in [0.25, 0.3) is 0 Å². The van der Waals surface area contributed by atoms with Crippen molar-refractivity contribution in [3.63, 3.8) is 0 Å². The van der Waals surface area contributed by atoms with Gasteiger partial charge in [-0.2, -0.15) is 0 Å². The molecule has 1 spiro atoms. The minimum Gasteiger partial charge on any atom is -0.450 e. The molecule has 4 rings (SSSR count). The fourth-order valence-electron chi connectivity index (χ4n) is 6.08. The van der Waals surface area contributed by atoms with Gasteiger partial charge in [0, 0.05) is 11.8 Å². The Labute approximate surface area is 107 Å². The topological polar surface area (TPSA) is 43.4 Å². The summed E-state index contributed by atoms with van der Waals surface area (Å²) >= 11 is 0. The molecule has 0 aromatic heterocycles. The average molecular weight is 248 g/mol. The van der Waals surface area contributed by atoms with Crippen LogP contribution in [0.1, 0.15) is 46.5 Å². The van der Waals surface area contributed by atoms with Gasteiger partial charge in [-0.3, -0.25) is 9.59 Å². The van der Waals surface area contributed by atoms with Crippen LogP contribution in [0.5, 0.6) is 0 Å². The molecule has 3 heteroatoms. The van der Waals surface area contributed by atoms with Gasteiger partial charge in [-0.05, 0) is 43.4 Å². The van der Waals surface area contributed by atoms with Crippen molar-refractivity contribution in [1.82, 2.24) is 0 Å². The summed E-state index contributed by atoms with van der Waals surface area (Å²) < 4.78 is 5.62. The highest BCUT2D eigenvalue weighted by atomic mass is 16.6. The van der Waals surface area contributed by atoms with Crippen LogP contribution in [0.2, 0.25) is 0 Å². The van der Waals surface area contributed by atoms with E-state index in [1.807, 2.05) is 6.92 Å². The Hall–Kier alpha value is -0.860. The minimum absolute atomic E-state index is 0.0167. The lowest BCUT2D eigenvalue weighted by atomic mass is 9.59. The molecule has 0 radical (unpaired) electrons. The fraction of sp³-hybridized carbons (Fsp3) is 0.867. The Bertz CT molecular complexity index is 480. The Balaban J connectivity index is 1.97. The second-order valence-corrected chi connectivity index (χ2v) is 7.63. The second-order valence-electron chi connectivity index (χ2n) is 7.63. The zero-order valence-corrected chi connectivity index (χ0v) is 11.3. The number of carbonyl (C=O) groups excluding carboxylic acids is 2. The standard InChI is InChI=1S/C15H20O3/c1-13(2)7-15-9-5-4-8(13)10(15)6-11(16)14(15,3)18-12(9)17/h8-10H,4-7H2,1-3H3/t8-,9+,10-,14+,15-/m0/s1. The maximum absolute atomic E-state index is 12.4. The molecule has 4 aliphatic rings. The van der Waals surface area contributed by atoms with Crippen molar-refractivity contribution < 1.29 is 14.3 Å². The molecule has 2 bridgehead atoms. The Morgan fingerprint density at radius 2 is 1.83 bits per heavy atom. The molecule has 0 aromatic rings. The number of ketones is 1. The van der Waals surface area contributed by atoms with E-state index in [2.05, 4.69) is 13.8 Å². The third-order valence-electron chi connectivity index (χ3n) is 6.70. The molecule has 0 amide bonds. The van der Waals surface area contributed by atoms with Crippen LogP contribution in [0, 0.1) is 28.6 Å². The summed E-state index contributed by atoms with van der Waals surface area (Å²) in [6.45, 7) is 6.50. The first kappa shape index (κ1) is 11.0. The summed E-state index contributed by atoms with van der Waals surface area (Å²) in [4.78, 5) is 24.6. The number of esters is 1.